The summed E-state index contributed by atoms with van der Waals surface area (Å²) in [6.45, 7) is 12.4. The van der Waals surface area contributed by atoms with Gasteiger partial charge in [0, 0.05) is 8.07 Å². The Morgan fingerprint density at radius 3 is 2.00 bits per heavy atom. The zero-order valence-electron chi connectivity index (χ0n) is 13.4. The van der Waals surface area contributed by atoms with Crippen molar-refractivity contribution in [3.63, 3.8) is 0 Å². The lowest BCUT2D eigenvalue weighted by atomic mass is 9.99. The molecule has 1 unspecified atom stereocenters. The number of hydrogen-bond donors (Lipinski definition) is 0. The van der Waals surface area contributed by atoms with Crippen molar-refractivity contribution >= 4 is 19.8 Å². The quantitative estimate of drug-likeness (QED) is 0.365. The molecule has 0 spiro atoms. The van der Waals surface area contributed by atoms with Crippen LogP contribution in [0.4, 0.5) is 0 Å². The summed E-state index contributed by atoms with van der Waals surface area (Å²) >= 11 is 0. The standard InChI is InChI=1S/C15H30O3Si/c1-7-13(8-2)18-15(17)14(12(3)16)10-9-11-19(4,5)6/h13-14H,7-11H2,1-6H3. The Labute approximate surface area is 119 Å². The van der Waals surface area contributed by atoms with Crippen LogP contribution in [0.5, 0.6) is 0 Å². The van der Waals surface area contributed by atoms with E-state index in [2.05, 4.69) is 19.6 Å². The third-order valence-electron chi connectivity index (χ3n) is 3.39. The molecule has 0 rings (SSSR count). The van der Waals surface area contributed by atoms with E-state index in [9.17, 15) is 9.59 Å². The summed E-state index contributed by atoms with van der Waals surface area (Å²) in [7, 11) is -1.10. The van der Waals surface area contributed by atoms with Gasteiger partial charge >= 0.3 is 5.97 Å². The molecule has 0 aliphatic carbocycles. The summed E-state index contributed by atoms with van der Waals surface area (Å²) in [6.07, 6.45) is 3.14. The minimum Gasteiger partial charge on any atom is -0.462 e. The number of hydrogen-bond acceptors (Lipinski definition) is 3. The first-order chi connectivity index (χ1) is 8.71. The van der Waals surface area contributed by atoms with Gasteiger partial charge in [-0.3, -0.25) is 9.59 Å². The number of ether oxygens (including phenoxy) is 1. The smallest absolute Gasteiger partial charge is 0.316 e. The molecule has 0 heterocycles. The molecule has 0 saturated heterocycles. The Morgan fingerprint density at radius 1 is 1.11 bits per heavy atom. The van der Waals surface area contributed by atoms with Crippen molar-refractivity contribution < 1.29 is 14.3 Å². The van der Waals surface area contributed by atoms with Gasteiger partial charge in [0.1, 0.15) is 17.8 Å². The molecular weight excluding hydrogens is 256 g/mol. The minimum atomic E-state index is -1.10. The topological polar surface area (TPSA) is 43.4 Å². The molecule has 0 amide bonds. The number of esters is 1. The van der Waals surface area contributed by atoms with E-state index in [-0.39, 0.29) is 17.9 Å². The van der Waals surface area contributed by atoms with Crippen LogP contribution in [0, 0.1) is 5.92 Å². The normalized spacial score (nSPS) is 13.4. The van der Waals surface area contributed by atoms with Crippen molar-refractivity contribution in [1.82, 2.24) is 0 Å². The molecule has 0 fully saturated rings. The maximum atomic E-state index is 12.0. The minimum absolute atomic E-state index is 0.0497. The second-order valence-corrected chi connectivity index (χ2v) is 12.1. The number of ketones is 1. The number of Topliss-reactive ketones (excluding diaryl/α,β-unsaturated/α-hetero) is 1. The van der Waals surface area contributed by atoms with Crippen molar-refractivity contribution in [1.29, 1.82) is 0 Å². The zero-order chi connectivity index (χ0) is 15.1. The van der Waals surface area contributed by atoms with Crippen LogP contribution in [0.15, 0.2) is 0 Å². The van der Waals surface area contributed by atoms with Crippen LogP contribution in [0.1, 0.15) is 46.5 Å². The Hall–Kier alpha value is -0.643. The fourth-order valence-corrected chi connectivity index (χ4v) is 3.29. The molecule has 112 valence electrons. The van der Waals surface area contributed by atoms with Crippen molar-refractivity contribution in [2.45, 2.75) is 78.2 Å². The predicted octanol–water partition coefficient (Wildman–Crippen LogP) is 4.04. The first-order valence-corrected chi connectivity index (χ1v) is 11.1. The highest BCUT2D eigenvalue weighted by Crippen LogP contribution is 2.19. The number of carbonyl (C=O) groups is 2. The molecule has 19 heavy (non-hydrogen) atoms. The molecule has 4 heteroatoms. The van der Waals surface area contributed by atoms with Crippen LogP contribution in [-0.4, -0.2) is 25.9 Å². The van der Waals surface area contributed by atoms with Gasteiger partial charge in [-0.25, -0.2) is 0 Å². The van der Waals surface area contributed by atoms with Crippen molar-refractivity contribution in [2.24, 2.45) is 5.92 Å². The lowest BCUT2D eigenvalue weighted by molar-refractivity contribution is -0.157. The summed E-state index contributed by atoms with van der Waals surface area (Å²) in [5.41, 5.74) is 0. The van der Waals surface area contributed by atoms with E-state index in [4.69, 9.17) is 4.74 Å². The van der Waals surface area contributed by atoms with Crippen LogP contribution >= 0.6 is 0 Å². The maximum Gasteiger partial charge on any atom is 0.316 e. The Bertz CT molecular complexity index is 290. The van der Waals surface area contributed by atoms with E-state index in [1.165, 1.54) is 6.92 Å². The van der Waals surface area contributed by atoms with Crippen LogP contribution in [0.3, 0.4) is 0 Å². The summed E-state index contributed by atoms with van der Waals surface area (Å²) in [6, 6.07) is 1.15. The third kappa shape index (κ3) is 8.19. The van der Waals surface area contributed by atoms with E-state index in [0.717, 1.165) is 25.3 Å². The Balaban J connectivity index is 4.39. The van der Waals surface area contributed by atoms with E-state index in [1.54, 1.807) is 0 Å². The molecule has 0 saturated carbocycles. The summed E-state index contributed by atoms with van der Waals surface area (Å²) in [5.74, 6) is -0.944. The average Bonchev–Trinajstić information content (AvgIpc) is 2.29. The molecule has 0 N–H and O–H groups in total. The summed E-state index contributed by atoms with van der Waals surface area (Å²) in [5, 5.41) is 0. The van der Waals surface area contributed by atoms with E-state index in [1.807, 2.05) is 13.8 Å². The second-order valence-electron chi connectivity index (χ2n) is 6.49. The molecule has 0 aromatic rings. The molecular formula is C15H30O3Si. The van der Waals surface area contributed by atoms with Gasteiger partial charge in [-0.15, -0.1) is 0 Å². The molecule has 1 atom stereocenters. The number of rotatable bonds is 9. The highest BCUT2D eigenvalue weighted by atomic mass is 28.3. The second kappa shape index (κ2) is 8.51. The molecule has 3 nitrogen and oxygen atoms in total. The van der Waals surface area contributed by atoms with Gasteiger partial charge in [0.15, 0.2) is 0 Å². The Kier molecular flexibility index (Phi) is 8.22. The highest BCUT2D eigenvalue weighted by Gasteiger charge is 2.27. The Morgan fingerprint density at radius 2 is 1.63 bits per heavy atom. The molecule has 0 aromatic carbocycles. The average molecular weight is 286 g/mol. The largest absolute Gasteiger partial charge is 0.462 e. The maximum absolute atomic E-state index is 12.0. The highest BCUT2D eigenvalue weighted by molar-refractivity contribution is 6.76. The summed E-state index contributed by atoms with van der Waals surface area (Å²) in [4.78, 5) is 23.6. The van der Waals surface area contributed by atoms with Gasteiger partial charge in [-0.2, -0.15) is 0 Å². The van der Waals surface area contributed by atoms with Crippen LogP contribution in [0.25, 0.3) is 0 Å². The predicted molar refractivity (Wildman–Crippen MR) is 82.0 cm³/mol. The lowest BCUT2D eigenvalue weighted by Gasteiger charge is -2.20. The van der Waals surface area contributed by atoms with Gasteiger partial charge in [0.2, 0.25) is 0 Å². The van der Waals surface area contributed by atoms with Gasteiger partial charge in [0.05, 0.1) is 0 Å². The SMILES string of the molecule is CCC(CC)OC(=O)C(CCC[Si](C)(C)C)C(C)=O. The molecule has 0 bridgehead atoms. The van der Waals surface area contributed by atoms with Gasteiger partial charge in [-0.1, -0.05) is 46.0 Å². The van der Waals surface area contributed by atoms with E-state index >= 15 is 0 Å². The molecule has 0 aromatic heterocycles. The van der Waals surface area contributed by atoms with Gasteiger partial charge in [0.25, 0.3) is 0 Å². The van der Waals surface area contributed by atoms with Crippen molar-refractivity contribution in [3.05, 3.63) is 0 Å². The van der Waals surface area contributed by atoms with E-state index in [0.29, 0.717) is 6.42 Å². The van der Waals surface area contributed by atoms with Crippen molar-refractivity contribution in [2.75, 3.05) is 0 Å². The van der Waals surface area contributed by atoms with Crippen LogP contribution in [-0.2, 0) is 14.3 Å². The van der Waals surface area contributed by atoms with Crippen molar-refractivity contribution in [3.8, 4) is 0 Å². The van der Waals surface area contributed by atoms with Crippen LogP contribution < -0.4 is 0 Å². The fourth-order valence-electron chi connectivity index (χ4n) is 2.03. The first kappa shape index (κ1) is 18.4. The third-order valence-corrected chi connectivity index (χ3v) is 5.24. The lowest BCUT2D eigenvalue weighted by Crippen LogP contribution is -2.29. The first-order valence-electron chi connectivity index (χ1n) is 7.42. The molecule has 0 radical (unpaired) electrons. The molecule has 0 aliphatic rings. The molecule has 0 aliphatic heterocycles. The van der Waals surface area contributed by atoms with Gasteiger partial charge in [-0.05, 0) is 26.2 Å². The van der Waals surface area contributed by atoms with Crippen LogP contribution in [0.2, 0.25) is 25.7 Å². The van der Waals surface area contributed by atoms with Gasteiger partial charge < -0.3 is 4.74 Å². The van der Waals surface area contributed by atoms with E-state index < -0.39 is 14.0 Å². The monoisotopic (exact) mass is 286 g/mol. The number of carbonyl (C=O) groups excluding carboxylic acids is 2. The summed E-state index contributed by atoms with van der Waals surface area (Å²) < 4.78 is 5.41. The zero-order valence-corrected chi connectivity index (χ0v) is 14.4. The fraction of sp³-hybridized carbons (Fsp3) is 0.867.